The molecule has 0 fully saturated rings. The van der Waals surface area contributed by atoms with E-state index in [1.807, 2.05) is 32.9 Å². The lowest BCUT2D eigenvalue weighted by Gasteiger charge is -2.42. The number of fused-ring (bicyclic) bond motifs is 5. The fourth-order valence-electron chi connectivity index (χ4n) is 3.99. The Bertz CT molecular complexity index is 944. The molecular formula is C22H24O5. The zero-order chi connectivity index (χ0) is 19.4. The monoisotopic (exact) mass is 368 g/mol. The van der Waals surface area contributed by atoms with Gasteiger partial charge in [-0.15, -0.1) is 0 Å². The quantitative estimate of drug-likeness (QED) is 0.807. The number of hydrogen-bond acceptors (Lipinski definition) is 5. The molecule has 2 unspecified atom stereocenters. The average molecular weight is 368 g/mol. The molecule has 2 aliphatic rings. The van der Waals surface area contributed by atoms with Crippen molar-refractivity contribution in [2.45, 2.75) is 38.4 Å². The van der Waals surface area contributed by atoms with Crippen molar-refractivity contribution in [2.24, 2.45) is 0 Å². The highest BCUT2D eigenvalue weighted by Crippen LogP contribution is 2.59. The Kier molecular flexibility index (Phi) is 3.89. The first-order valence-electron chi connectivity index (χ1n) is 9.01. The van der Waals surface area contributed by atoms with Gasteiger partial charge in [-0.1, -0.05) is 11.6 Å². The molecule has 0 aromatic heterocycles. The van der Waals surface area contributed by atoms with Crippen molar-refractivity contribution in [3.63, 3.8) is 0 Å². The summed E-state index contributed by atoms with van der Waals surface area (Å²) in [6.45, 7) is 5.99. The van der Waals surface area contributed by atoms with Crippen LogP contribution < -0.4 is 14.2 Å². The molecule has 2 heterocycles. The van der Waals surface area contributed by atoms with E-state index in [-0.39, 0.29) is 12.4 Å². The van der Waals surface area contributed by atoms with Gasteiger partial charge < -0.3 is 24.4 Å². The summed E-state index contributed by atoms with van der Waals surface area (Å²) in [4.78, 5) is 0. The van der Waals surface area contributed by atoms with Gasteiger partial charge in [-0.25, -0.2) is 0 Å². The maximum atomic E-state index is 11.6. The summed E-state index contributed by atoms with van der Waals surface area (Å²) in [5.41, 5.74) is 1.14. The Labute approximate surface area is 158 Å². The van der Waals surface area contributed by atoms with Gasteiger partial charge >= 0.3 is 0 Å². The fraction of sp³-hybridized carbons (Fsp3) is 0.364. The van der Waals surface area contributed by atoms with Crippen molar-refractivity contribution in [3.8, 4) is 23.0 Å². The SMILES string of the molecule is COc1ccc2c(c1CC=C(C)C)OC1(C)c3ccc(O)cc3OCC21O. The number of aromatic hydroxyl groups is 1. The second-order valence-corrected chi connectivity index (χ2v) is 7.57. The van der Waals surface area contributed by atoms with Crippen molar-refractivity contribution in [2.75, 3.05) is 13.7 Å². The van der Waals surface area contributed by atoms with E-state index < -0.39 is 11.2 Å². The van der Waals surface area contributed by atoms with Crippen molar-refractivity contribution in [1.29, 1.82) is 0 Å². The van der Waals surface area contributed by atoms with E-state index in [0.717, 1.165) is 11.3 Å². The summed E-state index contributed by atoms with van der Waals surface area (Å²) in [6.07, 6.45) is 2.75. The number of allylic oxidation sites excluding steroid dienone is 2. The Balaban J connectivity index is 1.91. The van der Waals surface area contributed by atoms with Crippen LogP contribution in [0.25, 0.3) is 0 Å². The molecule has 5 nitrogen and oxygen atoms in total. The van der Waals surface area contributed by atoms with E-state index in [4.69, 9.17) is 14.2 Å². The largest absolute Gasteiger partial charge is 0.508 e. The molecule has 5 heteroatoms. The zero-order valence-corrected chi connectivity index (χ0v) is 16.0. The van der Waals surface area contributed by atoms with E-state index in [0.29, 0.717) is 29.0 Å². The minimum absolute atomic E-state index is 0.0430. The molecule has 2 N–H and O–H groups in total. The molecule has 27 heavy (non-hydrogen) atoms. The average Bonchev–Trinajstić information content (AvgIpc) is 2.87. The molecule has 0 spiro atoms. The highest BCUT2D eigenvalue weighted by atomic mass is 16.6. The third-order valence-electron chi connectivity index (χ3n) is 5.61. The molecule has 0 aliphatic carbocycles. The third kappa shape index (κ3) is 2.42. The Hall–Kier alpha value is -2.66. The molecule has 0 saturated carbocycles. The van der Waals surface area contributed by atoms with Crippen LogP contribution in [0.2, 0.25) is 0 Å². The number of benzene rings is 2. The number of phenols is 1. The topological polar surface area (TPSA) is 68.2 Å². The number of ether oxygens (including phenoxy) is 3. The van der Waals surface area contributed by atoms with Crippen LogP contribution in [0.4, 0.5) is 0 Å². The Morgan fingerprint density at radius 1 is 1.22 bits per heavy atom. The lowest BCUT2D eigenvalue weighted by molar-refractivity contribution is -0.145. The summed E-state index contributed by atoms with van der Waals surface area (Å²) in [7, 11) is 1.63. The van der Waals surface area contributed by atoms with E-state index in [1.54, 1.807) is 25.3 Å². The summed E-state index contributed by atoms with van der Waals surface area (Å²) < 4.78 is 17.8. The zero-order valence-electron chi connectivity index (χ0n) is 16.0. The van der Waals surface area contributed by atoms with Crippen LogP contribution in [0.3, 0.4) is 0 Å². The van der Waals surface area contributed by atoms with Gasteiger partial charge in [0.25, 0.3) is 0 Å². The van der Waals surface area contributed by atoms with Gasteiger partial charge in [-0.3, -0.25) is 0 Å². The normalized spacial score (nSPS) is 24.8. The van der Waals surface area contributed by atoms with Crippen LogP contribution in [0.1, 0.15) is 37.5 Å². The van der Waals surface area contributed by atoms with Crippen LogP contribution in [0.5, 0.6) is 23.0 Å². The summed E-state index contributed by atoms with van der Waals surface area (Å²) in [5.74, 6) is 2.00. The van der Waals surface area contributed by atoms with E-state index in [1.165, 1.54) is 5.57 Å². The minimum atomic E-state index is -1.34. The summed E-state index contributed by atoms with van der Waals surface area (Å²) in [6, 6.07) is 8.59. The highest BCUT2D eigenvalue weighted by Gasteiger charge is 2.62. The van der Waals surface area contributed by atoms with Gasteiger partial charge in [-0.2, -0.15) is 0 Å². The molecule has 2 atom stereocenters. The molecule has 0 bridgehead atoms. The van der Waals surface area contributed by atoms with Gasteiger partial charge in [0.1, 0.15) is 29.6 Å². The summed E-state index contributed by atoms with van der Waals surface area (Å²) in [5, 5.41) is 21.4. The van der Waals surface area contributed by atoms with Gasteiger partial charge in [0.2, 0.25) is 0 Å². The first kappa shape index (κ1) is 17.7. The predicted molar refractivity (Wildman–Crippen MR) is 102 cm³/mol. The van der Waals surface area contributed by atoms with Crippen LogP contribution in [0.15, 0.2) is 42.0 Å². The maximum absolute atomic E-state index is 11.6. The maximum Gasteiger partial charge on any atom is 0.171 e. The molecular weight excluding hydrogens is 344 g/mol. The molecule has 142 valence electrons. The standard InChI is InChI=1S/C22H24O5/c1-13(2)5-7-15-18(25-4)10-9-17-20(15)27-21(3)16-8-6-14(23)11-19(16)26-12-22(17,21)24/h5-6,8-11,23-24H,7,12H2,1-4H3. The van der Waals surface area contributed by atoms with Gasteiger partial charge in [0, 0.05) is 22.8 Å². The molecule has 2 aromatic rings. The lowest BCUT2D eigenvalue weighted by atomic mass is 9.74. The third-order valence-corrected chi connectivity index (χ3v) is 5.61. The van der Waals surface area contributed by atoms with Crippen LogP contribution in [-0.4, -0.2) is 23.9 Å². The van der Waals surface area contributed by atoms with Crippen LogP contribution >= 0.6 is 0 Å². The molecule has 0 radical (unpaired) electrons. The van der Waals surface area contributed by atoms with Crippen molar-refractivity contribution >= 4 is 0 Å². The van der Waals surface area contributed by atoms with Gasteiger partial charge in [0.05, 0.1) is 7.11 Å². The predicted octanol–water partition coefficient (Wildman–Crippen LogP) is 3.80. The number of hydrogen-bond donors (Lipinski definition) is 2. The second-order valence-electron chi connectivity index (χ2n) is 7.57. The molecule has 0 saturated heterocycles. The first-order chi connectivity index (χ1) is 12.8. The number of rotatable bonds is 3. The van der Waals surface area contributed by atoms with Crippen molar-refractivity contribution < 1.29 is 24.4 Å². The van der Waals surface area contributed by atoms with Crippen molar-refractivity contribution in [1.82, 2.24) is 0 Å². The second kappa shape index (κ2) is 5.92. The smallest absolute Gasteiger partial charge is 0.171 e. The number of methoxy groups -OCH3 is 1. The van der Waals surface area contributed by atoms with Crippen LogP contribution in [-0.2, 0) is 17.6 Å². The van der Waals surface area contributed by atoms with Gasteiger partial charge in [-0.05, 0) is 51.5 Å². The minimum Gasteiger partial charge on any atom is -0.508 e. The molecule has 2 aromatic carbocycles. The Morgan fingerprint density at radius 2 is 1.96 bits per heavy atom. The highest BCUT2D eigenvalue weighted by molar-refractivity contribution is 5.61. The number of aliphatic hydroxyl groups is 1. The number of phenolic OH excluding ortho intramolecular Hbond substituents is 1. The van der Waals surface area contributed by atoms with E-state index >= 15 is 0 Å². The van der Waals surface area contributed by atoms with E-state index in [9.17, 15) is 10.2 Å². The van der Waals surface area contributed by atoms with Gasteiger partial charge in [0.15, 0.2) is 11.2 Å². The van der Waals surface area contributed by atoms with E-state index in [2.05, 4.69) is 6.08 Å². The van der Waals surface area contributed by atoms with Crippen LogP contribution in [0, 0.1) is 0 Å². The lowest BCUT2D eigenvalue weighted by Crippen LogP contribution is -2.53. The first-order valence-corrected chi connectivity index (χ1v) is 9.01. The molecule has 4 rings (SSSR count). The fourth-order valence-corrected chi connectivity index (χ4v) is 3.99. The summed E-state index contributed by atoms with van der Waals surface area (Å²) >= 11 is 0. The molecule has 2 aliphatic heterocycles. The molecule has 0 amide bonds. The Morgan fingerprint density at radius 3 is 2.67 bits per heavy atom. The van der Waals surface area contributed by atoms with Crippen molar-refractivity contribution in [3.05, 3.63) is 58.7 Å².